The molecule has 0 aromatic heterocycles. The molecule has 2 amide bonds. The number of carboxylic acid groups (broad SMARTS) is 1. The summed E-state index contributed by atoms with van der Waals surface area (Å²) in [4.78, 5) is 48.9. The van der Waals surface area contributed by atoms with Crippen molar-refractivity contribution in [2.24, 2.45) is 0 Å². The minimum atomic E-state index is -1.39. The Morgan fingerprint density at radius 2 is 1.90 bits per heavy atom. The summed E-state index contributed by atoms with van der Waals surface area (Å²) in [5.41, 5.74) is 0.225. The number of hydrogen-bond acceptors (Lipinski definition) is 7. The average Bonchev–Trinajstić information content (AvgIpc) is 3.20. The first-order valence-corrected chi connectivity index (χ1v) is 9.69. The third-order valence-electron chi connectivity index (χ3n) is 4.37. The third-order valence-corrected chi connectivity index (χ3v) is 4.37. The van der Waals surface area contributed by atoms with E-state index in [9.17, 15) is 19.2 Å². The van der Waals surface area contributed by atoms with Crippen molar-refractivity contribution in [1.29, 1.82) is 0 Å². The van der Waals surface area contributed by atoms with Crippen LogP contribution in [0.1, 0.15) is 30.6 Å². The van der Waals surface area contributed by atoms with Gasteiger partial charge in [-0.15, -0.1) is 0 Å². The maximum atomic E-state index is 12.9. The molecule has 2 rings (SSSR count). The van der Waals surface area contributed by atoms with Gasteiger partial charge in [-0.25, -0.2) is 9.59 Å². The van der Waals surface area contributed by atoms with E-state index in [1.54, 1.807) is 13.8 Å². The summed E-state index contributed by atoms with van der Waals surface area (Å²) < 4.78 is 15.8. The van der Waals surface area contributed by atoms with Gasteiger partial charge in [-0.2, -0.15) is 0 Å². The maximum Gasteiger partial charge on any atom is 0.407 e. The smallest absolute Gasteiger partial charge is 0.407 e. The van der Waals surface area contributed by atoms with Gasteiger partial charge in [0.15, 0.2) is 12.7 Å². The standard InChI is InChI=1S/C20H26N2O8/c1-3-21-19(25)18(30-15-9-10-22(11-15)20(26)27)17(24)13-5-7-14(8-6-13)29-12-16(23)28-4-2/h5-8,15,18H,3-4,9-12H2,1-2H3,(H,21,25)(H,26,27)/t15?,18-/m0/s1. The van der Waals surface area contributed by atoms with E-state index in [4.69, 9.17) is 19.3 Å². The van der Waals surface area contributed by atoms with Crippen molar-refractivity contribution in [2.75, 3.05) is 32.8 Å². The van der Waals surface area contributed by atoms with Gasteiger partial charge in [-0.3, -0.25) is 9.59 Å². The van der Waals surface area contributed by atoms with E-state index >= 15 is 0 Å². The highest BCUT2D eigenvalue weighted by Crippen LogP contribution is 2.19. The van der Waals surface area contributed by atoms with Crippen molar-refractivity contribution in [3.8, 4) is 5.75 Å². The first-order valence-electron chi connectivity index (χ1n) is 9.69. The van der Waals surface area contributed by atoms with E-state index in [2.05, 4.69) is 5.32 Å². The predicted molar refractivity (Wildman–Crippen MR) is 104 cm³/mol. The van der Waals surface area contributed by atoms with E-state index in [-0.39, 0.29) is 31.9 Å². The summed E-state index contributed by atoms with van der Waals surface area (Å²) in [5.74, 6) is -1.28. The van der Waals surface area contributed by atoms with Crippen LogP contribution in [0, 0.1) is 0 Å². The number of hydrogen-bond donors (Lipinski definition) is 2. The highest BCUT2D eigenvalue weighted by Gasteiger charge is 2.35. The first kappa shape index (κ1) is 23.1. The summed E-state index contributed by atoms with van der Waals surface area (Å²) in [6.07, 6.45) is -2.61. The zero-order chi connectivity index (χ0) is 22.1. The van der Waals surface area contributed by atoms with Crippen molar-refractivity contribution >= 4 is 23.8 Å². The van der Waals surface area contributed by atoms with Gasteiger partial charge in [-0.1, -0.05) is 0 Å². The molecule has 0 bridgehead atoms. The lowest BCUT2D eigenvalue weighted by Gasteiger charge is -2.20. The normalized spacial score (nSPS) is 16.6. The summed E-state index contributed by atoms with van der Waals surface area (Å²) in [5, 5.41) is 11.6. The van der Waals surface area contributed by atoms with Gasteiger partial charge >= 0.3 is 12.1 Å². The minimum absolute atomic E-state index is 0.0964. The van der Waals surface area contributed by atoms with Crippen LogP contribution in [0.5, 0.6) is 5.75 Å². The number of Topliss-reactive ketones (excluding diaryl/α,β-unsaturated/α-hetero) is 1. The lowest BCUT2D eigenvalue weighted by Crippen LogP contribution is -2.44. The molecule has 2 N–H and O–H groups in total. The van der Waals surface area contributed by atoms with E-state index in [0.29, 0.717) is 18.7 Å². The molecule has 1 saturated heterocycles. The Morgan fingerprint density at radius 1 is 1.20 bits per heavy atom. The molecule has 1 fully saturated rings. The summed E-state index contributed by atoms with van der Waals surface area (Å²) in [6, 6.07) is 5.94. The van der Waals surface area contributed by atoms with Crippen molar-refractivity contribution in [3.63, 3.8) is 0 Å². The molecule has 0 spiro atoms. The number of carbonyl (C=O) groups excluding carboxylic acids is 3. The quantitative estimate of drug-likeness (QED) is 0.325. The molecule has 0 saturated carbocycles. The number of nitrogens with zero attached hydrogens (tertiary/aromatic N) is 1. The first-order chi connectivity index (χ1) is 14.3. The van der Waals surface area contributed by atoms with Crippen LogP contribution in [0.3, 0.4) is 0 Å². The summed E-state index contributed by atoms with van der Waals surface area (Å²) in [6.45, 7) is 4.10. The molecular formula is C20H26N2O8. The number of rotatable bonds is 10. The van der Waals surface area contributed by atoms with Crippen LogP contribution < -0.4 is 10.1 Å². The minimum Gasteiger partial charge on any atom is -0.482 e. The second-order valence-corrected chi connectivity index (χ2v) is 6.53. The molecule has 1 aliphatic heterocycles. The van der Waals surface area contributed by atoms with Crippen LogP contribution in [-0.4, -0.2) is 78.8 Å². The van der Waals surface area contributed by atoms with E-state index < -0.39 is 36.0 Å². The van der Waals surface area contributed by atoms with Gasteiger partial charge in [0.2, 0.25) is 5.78 Å². The van der Waals surface area contributed by atoms with Crippen molar-refractivity contribution < 1.29 is 38.5 Å². The fourth-order valence-corrected chi connectivity index (χ4v) is 2.93. The second kappa shape index (κ2) is 11.1. The number of ether oxygens (including phenoxy) is 3. The lowest BCUT2D eigenvalue weighted by molar-refractivity contribution is -0.145. The van der Waals surface area contributed by atoms with Gasteiger partial charge < -0.3 is 29.5 Å². The number of likely N-dealkylation sites (tertiary alicyclic amines) is 1. The zero-order valence-corrected chi connectivity index (χ0v) is 17.0. The van der Waals surface area contributed by atoms with E-state index in [0.717, 1.165) is 0 Å². The Labute approximate surface area is 174 Å². The lowest BCUT2D eigenvalue weighted by atomic mass is 10.0. The van der Waals surface area contributed by atoms with Crippen LogP contribution in [0.2, 0.25) is 0 Å². The van der Waals surface area contributed by atoms with E-state index in [1.165, 1.54) is 29.2 Å². The molecule has 1 aromatic rings. The number of likely N-dealkylation sites (N-methyl/N-ethyl adjacent to an activating group) is 1. The Bertz CT molecular complexity index is 765. The van der Waals surface area contributed by atoms with Crippen molar-refractivity contribution in [1.82, 2.24) is 10.2 Å². The Hall–Kier alpha value is -3.14. The number of nitrogens with one attached hydrogen (secondary N) is 1. The van der Waals surface area contributed by atoms with Crippen LogP contribution in [0.4, 0.5) is 4.79 Å². The van der Waals surface area contributed by atoms with Crippen molar-refractivity contribution in [2.45, 2.75) is 32.5 Å². The van der Waals surface area contributed by atoms with Gasteiger partial charge in [0.05, 0.1) is 19.3 Å². The Kier molecular flexibility index (Phi) is 8.60. The van der Waals surface area contributed by atoms with E-state index in [1.807, 2.05) is 0 Å². The number of esters is 1. The molecule has 1 aliphatic rings. The molecule has 0 radical (unpaired) electrons. The number of amides is 2. The SMILES string of the molecule is CCNC(=O)[C@@H](OC1CCN(C(=O)O)C1)C(=O)c1ccc(OCC(=O)OCC)cc1. The van der Waals surface area contributed by atoms with Gasteiger partial charge in [0.1, 0.15) is 5.75 Å². The summed E-state index contributed by atoms with van der Waals surface area (Å²) >= 11 is 0. The van der Waals surface area contributed by atoms with Gasteiger partial charge in [0, 0.05) is 18.7 Å². The molecule has 1 unspecified atom stereocenters. The second-order valence-electron chi connectivity index (χ2n) is 6.53. The molecule has 30 heavy (non-hydrogen) atoms. The molecular weight excluding hydrogens is 396 g/mol. The maximum absolute atomic E-state index is 12.9. The molecule has 2 atom stereocenters. The highest BCUT2D eigenvalue weighted by molar-refractivity contribution is 6.12. The van der Waals surface area contributed by atoms with Gasteiger partial charge in [0.25, 0.3) is 5.91 Å². The highest BCUT2D eigenvalue weighted by atomic mass is 16.6. The topological polar surface area (TPSA) is 131 Å². The fraction of sp³-hybridized carbons (Fsp3) is 0.500. The third kappa shape index (κ3) is 6.45. The fourth-order valence-electron chi connectivity index (χ4n) is 2.93. The molecule has 1 heterocycles. The number of benzene rings is 1. The molecule has 10 nitrogen and oxygen atoms in total. The zero-order valence-electron chi connectivity index (χ0n) is 17.0. The largest absolute Gasteiger partial charge is 0.482 e. The molecule has 164 valence electrons. The van der Waals surface area contributed by atoms with Crippen LogP contribution in [0.15, 0.2) is 24.3 Å². The Morgan fingerprint density at radius 3 is 2.47 bits per heavy atom. The molecule has 1 aromatic carbocycles. The van der Waals surface area contributed by atoms with Crippen LogP contribution >= 0.6 is 0 Å². The Balaban J connectivity index is 2.05. The number of carbonyl (C=O) groups is 4. The molecule has 0 aliphatic carbocycles. The van der Waals surface area contributed by atoms with Gasteiger partial charge in [-0.05, 0) is 44.5 Å². The average molecular weight is 422 g/mol. The monoisotopic (exact) mass is 422 g/mol. The van der Waals surface area contributed by atoms with Crippen molar-refractivity contribution in [3.05, 3.63) is 29.8 Å². The molecule has 10 heteroatoms. The number of ketones is 1. The van der Waals surface area contributed by atoms with Crippen LogP contribution in [0.25, 0.3) is 0 Å². The predicted octanol–water partition coefficient (Wildman–Crippen LogP) is 1.08. The van der Waals surface area contributed by atoms with Crippen LogP contribution in [-0.2, 0) is 19.1 Å². The summed E-state index contributed by atoms with van der Waals surface area (Å²) in [7, 11) is 0.